The van der Waals surface area contributed by atoms with E-state index < -0.39 is 24.0 Å². The first-order chi connectivity index (χ1) is 9.69. The zero-order valence-corrected chi connectivity index (χ0v) is 11.1. The maximum Gasteiger partial charge on any atom is 0.573 e. The van der Waals surface area contributed by atoms with Crippen LogP contribution in [0, 0.1) is 5.92 Å². The molecule has 1 aromatic carbocycles. The highest BCUT2D eigenvalue weighted by Crippen LogP contribution is 2.26. The van der Waals surface area contributed by atoms with E-state index in [0.29, 0.717) is 0 Å². The quantitative estimate of drug-likeness (QED) is 0.846. The monoisotopic (exact) mass is 305 g/mol. The van der Waals surface area contributed by atoms with Crippen molar-refractivity contribution in [3.05, 3.63) is 29.8 Å². The molecule has 1 amide bonds. The Morgan fingerprint density at radius 1 is 1.33 bits per heavy atom. The highest BCUT2D eigenvalue weighted by Gasteiger charge is 2.32. The van der Waals surface area contributed by atoms with Gasteiger partial charge in [0.2, 0.25) is 0 Å². The molecule has 0 aromatic heterocycles. The van der Waals surface area contributed by atoms with Crippen molar-refractivity contribution in [2.75, 3.05) is 6.54 Å². The lowest BCUT2D eigenvalue weighted by molar-refractivity contribution is -0.274. The molecule has 21 heavy (non-hydrogen) atoms. The number of hydrogen-bond acceptors (Lipinski definition) is 3. The van der Waals surface area contributed by atoms with E-state index in [0.717, 1.165) is 6.07 Å². The molecule has 0 saturated carbocycles. The lowest BCUT2D eigenvalue weighted by Gasteiger charge is -2.14. The first-order valence-corrected chi connectivity index (χ1v) is 6.04. The summed E-state index contributed by atoms with van der Waals surface area (Å²) in [5.41, 5.74) is -0.266. The van der Waals surface area contributed by atoms with Crippen LogP contribution >= 0.6 is 0 Å². The SMILES string of the molecule is CC(CNC(=O)c1ccccc1OC(F)(F)F)CC(=O)O. The Morgan fingerprint density at radius 2 is 1.95 bits per heavy atom. The van der Waals surface area contributed by atoms with Crippen molar-refractivity contribution >= 4 is 11.9 Å². The summed E-state index contributed by atoms with van der Waals surface area (Å²) in [7, 11) is 0. The molecule has 116 valence electrons. The Hall–Kier alpha value is -2.25. The van der Waals surface area contributed by atoms with E-state index in [-0.39, 0.29) is 24.4 Å². The van der Waals surface area contributed by atoms with Gasteiger partial charge in [0.25, 0.3) is 5.91 Å². The summed E-state index contributed by atoms with van der Waals surface area (Å²) >= 11 is 0. The van der Waals surface area contributed by atoms with Crippen LogP contribution in [0.5, 0.6) is 5.75 Å². The number of para-hydroxylation sites is 1. The number of carboxylic acids is 1. The number of carboxylic acid groups (broad SMARTS) is 1. The summed E-state index contributed by atoms with van der Waals surface area (Å²) in [5.74, 6) is -2.72. The largest absolute Gasteiger partial charge is 0.573 e. The average Bonchev–Trinajstić information content (AvgIpc) is 2.34. The van der Waals surface area contributed by atoms with E-state index in [4.69, 9.17) is 5.11 Å². The molecule has 1 atom stereocenters. The zero-order chi connectivity index (χ0) is 16.0. The van der Waals surface area contributed by atoms with Gasteiger partial charge in [0.15, 0.2) is 0 Å². The van der Waals surface area contributed by atoms with Crippen molar-refractivity contribution in [3.63, 3.8) is 0 Å². The van der Waals surface area contributed by atoms with Crippen LogP contribution in [0.15, 0.2) is 24.3 Å². The minimum Gasteiger partial charge on any atom is -0.481 e. The number of ether oxygens (including phenoxy) is 1. The Kier molecular flexibility index (Phi) is 5.57. The third-order valence-electron chi connectivity index (χ3n) is 2.49. The molecular formula is C13H14F3NO4. The predicted molar refractivity (Wildman–Crippen MR) is 66.9 cm³/mol. The highest BCUT2D eigenvalue weighted by atomic mass is 19.4. The lowest BCUT2D eigenvalue weighted by Crippen LogP contribution is -2.30. The van der Waals surface area contributed by atoms with E-state index in [9.17, 15) is 22.8 Å². The number of carbonyl (C=O) groups is 2. The van der Waals surface area contributed by atoms with Crippen LogP contribution in [0.2, 0.25) is 0 Å². The number of nitrogens with one attached hydrogen (secondary N) is 1. The van der Waals surface area contributed by atoms with Gasteiger partial charge in [0.05, 0.1) is 5.56 Å². The highest BCUT2D eigenvalue weighted by molar-refractivity contribution is 5.96. The third-order valence-corrected chi connectivity index (χ3v) is 2.49. The van der Waals surface area contributed by atoms with Crippen LogP contribution in [0.25, 0.3) is 0 Å². The standard InChI is InChI=1S/C13H14F3NO4/c1-8(6-11(18)19)7-17-12(20)9-4-2-3-5-10(9)21-13(14,15)16/h2-5,8H,6-7H2,1H3,(H,17,20)(H,18,19). The predicted octanol–water partition coefficient (Wildman–Crippen LogP) is 2.43. The normalized spacial score (nSPS) is 12.6. The van der Waals surface area contributed by atoms with Gasteiger partial charge in [0.1, 0.15) is 5.75 Å². The number of aliphatic carboxylic acids is 1. The molecular weight excluding hydrogens is 291 g/mol. The van der Waals surface area contributed by atoms with E-state index in [1.54, 1.807) is 6.92 Å². The van der Waals surface area contributed by atoms with Gasteiger partial charge in [-0.1, -0.05) is 19.1 Å². The number of hydrogen-bond donors (Lipinski definition) is 2. The summed E-state index contributed by atoms with van der Waals surface area (Å²) in [6, 6.07) is 4.94. The number of alkyl halides is 3. The summed E-state index contributed by atoms with van der Waals surface area (Å²) in [5, 5.41) is 11.0. The molecule has 1 rings (SSSR count). The van der Waals surface area contributed by atoms with Gasteiger partial charge in [-0.05, 0) is 18.1 Å². The number of halogens is 3. The van der Waals surface area contributed by atoms with Gasteiger partial charge in [-0.3, -0.25) is 9.59 Å². The van der Waals surface area contributed by atoms with Gasteiger partial charge in [-0.25, -0.2) is 0 Å². The molecule has 0 heterocycles. The molecule has 0 bridgehead atoms. The van der Waals surface area contributed by atoms with Crippen molar-refractivity contribution in [1.29, 1.82) is 0 Å². The second kappa shape index (κ2) is 6.96. The minimum absolute atomic E-state index is 0.0332. The number of carbonyl (C=O) groups excluding carboxylic acids is 1. The molecule has 2 N–H and O–H groups in total. The summed E-state index contributed by atoms with van der Waals surface area (Å²) in [4.78, 5) is 22.3. The number of rotatable bonds is 6. The first kappa shape index (κ1) is 16.8. The average molecular weight is 305 g/mol. The molecule has 1 unspecified atom stereocenters. The molecule has 1 aromatic rings. The molecule has 8 heteroatoms. The van der Waals surface area contributed by atoms with Gasteiger partial charge in [-0.2, -0.15) is 0 Å². The summed E-state index contributed by atoms with van der Waals surface area (Å²) in [6.45, 7) is 1.64. The van der Waals surface area contributed by atoms with E-state index in [1.165, 1.54) is 18.2 Å². The molecule has 0 spiro atoms. The fraction of sp³-hybridized carbons (Fsp3) is 0.385. The summed E-state index contributed by atoms with van der Waals surface area (Å²) in [6.07, 6.45) is -5.05. The van der Waals surface area contributed by atoms with Crippen LogP contribution in [-0.2, 0) is 4.79 Å². The van der Waals surface area contributed by atoms with Crippen molar-refractivity contribution in [2.45, 2.75) is 19.7 Å². The number of benzene rings is 1. The van der Waals surface area contributed by atoms with E-state index in [1.807, 2.05) is 0 Å². The molecule has 0 aliphatic rings. The fourth-order valence-corrected chi connectivity index (χ4v) is 1.60. The van der Waals surface area contributed by atoms with Crippen LogP contribution in [0.1, 0.15) is 23.7 Å². The molecule has 0 aliphatic heterocycles. The zero-order valence-electron chi connectivity index (χ0n) is 11.1. The number of amides is 1. The van der Waals surface area contributed by atoms with E-state index >= 15 is 0 Å². The molecule has 5 nitrogen and oxygen atoms in total. The second-order valence-electron chi connectivity index (χ2n) is 4.46. The van der Waals surface area contributed by atoms with Crippen LogP contribution < -0.4 is 10.1 Å². The smallest absolute Gasteiger partial charge is 0.481 e. The molecule has 0 radical (unpaired) electrons. The Labute approximate surface area is 118 Å². The van der Waals surface area contributed by atoms with Crippen molar-refractivity contribution in [2.24, 2.45) is 5.92 Å². The van der Waals surface area contributed by atoms with E-state index in [2.05, 4.69) is 10.1 Å². The van der Waals surface area contributed by atoms with Crippen molar-refractivity contribution in [3.8, 4) is 5.75 Å². The maximum absolute atomic E-state index is 12.2. The van der Waals surface area contributed by atoms with Crippen molar-refractivity contribution in [1.82, 2.24) is 5.32 Å². The maximum atomic E-state index is 12.2. The Bertz CT molecular complexity index is 516. The van der Waals surface area contributed by atoms with Gasteiger partial charge in [-0.15, -0.1) is 13.2 Å². The topological polar surface area (TPSA) is 75.6 Å². The van der Waals surface area contributed by atoms with Crippen LogP contribution in [-0.4, -0.2) is 29.9 Å². The van der Waals surface area contributed by atoms with Crippen LogP contribution in [0.3, 0.4) is 0 Å². The van der Waals surface area contributed by atoms with Crippen molar-refractivity contribution < 1.29 is 32.6 Å². The molecule has 0 aliphatic carbocycles. The van der Waals surface area contributed by atoms with Crippen LogP contribution in [0.4, 0.5) is 13.2 Å². The molecule has 0 fully saturated rings. The van der Waals surface area contributed by atoms with Gasteiger partial charge in [0, 0.05) is 13.0 Å². The van der Waals surface area contributed by atoms with Gasteiger partial charge >= 0.3 is 12.3 Å². The molecule has 0 saturated heterocycles. The first-order valence-electron chi connectivity index (χ1n) is 6.04. The minimum atomic E-state index is -4.90. The van der Waals surface area contributed by atoms with Gasteiger partial charge < -0.3 is 15.2 Å². The fourth-order valence-electron chi connectivity index (χ4n) is 1.60. The second-order valence-corrected chi connectivity index (χ2v) is 4.46. The summed E-state index contributed by atoms with van der Waals surface area (Å²) < 4.78 is 40.4. The Morgan fingerprint density at radius 3 is 2.52 bits per heavy atom. The Balaban J connectivity index is 2.72. The lowest BCUT2D eigenvalue weighted by atomic mass is 10.1. The third kappa shape index (κ3) is 6.15.